The molecule has 5 aromatic carbocycles. The number of carbonyl (C=O) groups is 1. The second-order valence-electron chi connectivity index (χ2n) is 18.3. The molecule has 15 heteroatoms. The number of aromatic nitrogens is 10. The number of nitrogens with zero attached hydrogens (tertiary/aromatic N) is 6. The number of halogens is 2. The van der Waals surface area contributed by atoms with Crippen molar-refractivity contribution in [3.63, 3.8) is 0 Å². The number of carbonyl (C=O) groups excluding carboxylic acids is 1. The summed E-state index contributed by atoms with van der Waals surface area (Å²) in [6.07, 6.45) is 10.5. The second-order valence-corrected chi connectivity index (χ2v) is 18.3. The number of nitrogens with one attached hydrogen (secondary N) is 6. The summed E-state index contributed by atoms with van der Waals surface area (Å²) in [6, 6.07) is 46.4. The molecule has 13 rings (SSSR count). The molecule has 0 atom stereocenters. The number of aromatic amines is 4. The minimum Gasteiger partial charge on any atom is -0.382 e. The Morgan fingerprint density at radius 3 is 1.49 bits per heavy atom. The predicted octanol–water partition coefficient (Wildman–Crippen LogP) is 14.0. The first-order chi connectivity index (χ1) is 36.7. The number of rotatable bonds is 10. The number of amides is 1. The van der Waals surface area contributed by atoms with E-state index in [1.165, 1.54) is 24.3 Å². The Bertz CT molecular complexity index is 4250. The minimum absolute atomic E-state index is 0.196. The fourth-order valence-corrected chi connectivity index (χ4v) is 9.36. The Morgan fingerprint density at radius 1 is 0.467 bits per heavy atom. The molecule has 364 valence electrons. The van der Waals surface area contributed by atoms with Gasteiger partial charge in [-0.05, 0) is 122 Å². The molecule has 1 amide bonds. The summed E-state index contributed by atoms with van der Waals surface area (Å²) in [5.74, 6) is -0.792. The average Bonchev–Trinajstić information content (AvgIpc) is 4.27. The molecule has 0 saturated carbocycles. The van der Waals surface area contributed by atoms with Crippen LogP contribution in [-0.4, -0.2) is 62.2 Å². The van der Waals surface area contributed by atoms with E-state index in [1.807, 2.05) is 97.3 Å². The van der Waals surface area contributed by atoms with Gasteiger partial charge in [-0.15, -0.1) is 0 Å². The Balaban J connectivity index is 0.000000153. The molecule has 0 bridgehead atoms. The summed E-state index contributed by atoms with van der Waals surface area (Å²) in [4.78, 5) is 37.4. The van der Waals surface area contributed by atoms with Crippen molar-refractivity contribution in [2.24, 2.45) is 0 Å². The van der Waals surface area contributed by atoms with E-state index in [0.717, 1.165) is 106 Å². The fourth-order valence-electron chi connectivity index (χ4n) is 9.36. The van der Waals surface area contributed by atoms with Crippen molar-refractivity contribution < 1.29 is 13.6 Å². The van der Waals surface area contributed by atoms with Crippen molar-refractivity contribution in [1.82, 2.24) is 50.3 Å². The summed E-state index contributed by atoms with van der Waals surface area (Å²) in [5.41, 5.74) is 15.7. The standard InChI is InChI=1S/C32H21FN6O.C28H23FN6/c33-23-8-4-7-21(13-23)30-26-16-29(37-27(26)11-12-35-30)31-25-15-20(9-10-28(25)38-39-31)22-14-24(18-34-17-22)36-32(40)19-5-2-1-3-6-19;1-16(2)32-21-11-19(14-30-15-21)17-6-7-25-22(12-17)28(35-34-25)26-13-23-24(33-26)8-9-31-27(23)18-4-3-5-20(29)10-18/h1-18,37H,(H,36,40)(H,38,39);3-16,32-33H,1-2H3,(H,34,35). The first kappa shape index (κ1) is 46.0. The van der Waals surface area contributed by atoms with Gasteiger partial charge in [-0.3, -0.25) is 34.9 Å². The van der Waals surface area contributed by atoms with Gasteiger partial charge >= 0.3 is 0 Å². The van der Waals surface area contributed by atoms with Crippen LogP contribution < -0.4 is 10.6 Å². The summed E-state index contributed by atoms with van der Waals surface area (Å²) in [6.45, 7) is 4.21. The van der Waals surface area contributed by atoms with E-state index < -0.39 is 0 Å². The highest BCUT2D eigenvalue weighted by Gasteiger charge is 2.18. The molecule has 0 spiro atoms. The minimum atomic E-state index is -0.309. The van der Waals surface area contributed by atoms with E-state index in [-0.39, 0.29) is 17.5 Å². The number of benzene rings is 5. The van der Waals surface area contributed by atoms with Crippen LogP contribution in [0.15, 0.2) is 189 Å². The molecule has 0 aliphatic rings. The number of H-pyrrole nitrogens is 4. The number of anilines is 2. The van der Waals surface area contributed by atoms with Crippen molar-refractivity contribution in [1.29, 1.82) is 0 Å². The molecular weight excluding hydrogens is 943 g/mol. The van der Waals surface area contributed by atoms with Crippen LogP contribution in [0.1, 0.15) is 24.2 Å². The smallest absolute Gasteiger partial charge is 0.255 e. The van der Waals surface area contributed by atoms with Gasteiger partial charge in [0.15, 0.2) is 0 Å². The molecule has 13 aromatic rings. The van der Waals surface area contributed by atoms with Crippen molar-refractivity contribution in [3.8, 4) is 67.5 Å². The van der Waals surface area contributed by atoms with Gasteiger partial charge in [0.2, 0.25) is 0 Å². The van der Waals surface area contributed by atoms with Gasteiger partial charge in [-0.1, -0.05) is 54.6 Å². The number of pyridine rings is 4. The molecule has 0 saturated heterocycles. The Labute approximate surface area is 427 Å². The Hall–Kier alpha value is -10.2. The summed E-state index contributed by atoms with van der Waals surface area (Å²) in [7, 11) is 0. The second kappa shape index (κ2) is 19.5. The lowest BCUT2D eigenvalue weighted by Crippen LogP contribution is -2.11. The zero-order chi connectivity index (χ0) is 51.0. The Morgan fingerprint density at radius 2 is 0.973 bits per heavy atom. The van der Waals surface area contributed by atoms with Crippen LogP contribution in [0.2, 0.25) is 0 Å². The van der Waals surface area contributed by atoms with Crippen LogP contribution in [0, 0.1) is 11.6 Å². The molecule has 8 aromatic heterocycles. The highest BCUT2D eigenvalue weighted by atomic mass is 19.1. The fraction of sp³-hybridized carbons (Fsp3) is 0.0500. The summed E-state index contributed by atoms with van der Waals surface area (Å²) in [5, 5.41) is 25.5. The lowest BCUT2D eigenvalue weighted by molar-refractivity contribution is 0.102. The molecular formula is C60H44F2N12O. The van der Waals surface area contributed by atoms with Crippen LogP contribution in [-0.2, 0) is 0 Å². The number of hydrogen-bond acceptors (Lipinski definition) is 8. The van der Waals surface area contributed by atoms with Gasteiger partial charge in [-0.2, -0.15) is 10.2 Å². The van der Waals surface area contributed by atoms with Crippen LogP contribution in [0.5, 0.6) is 0 Å². The molecule has 0 fully saturated rings. The lowest BCUT2D eigenvalue weighted by atomic mass is 10.0. The summed E-state index contributed by atoms with van der Waals surface area (Å²) >= 11 is 0. The number of hydrogen-bond donors (Lipinski definition) is 6. The van der Waals surface area contributed by atoms with Gasteiger partial charge in [-0.25, -0.2) is 8.78 Å². The zero-order valence-electron chi connectivity index (χ0n) is 40.3. The van der Waals surface area contributed by atoms with Gasteiger partial charge < -0.3 is 20.6 Å². The monoisotopic (exact) mass is 986 g/mol. The first-order valence-electron chi connectivity index (χ1n) is 24.2. The predicted molar refractivity (Wildman–Crippen MR) is 293 cm³/mol. The lowest BCUT2D eigenvalue weighted by Gasteiger charge is -2.11. The van der Waals surface area contributed by atoms with Crippen LogP contribution in [0.25, 0.3) is 111 Å². The van der Waals surface area contributed by atoms with Crippen LogP contribution in [0.3, 0.4) is 0 Å². The highest BCUT2D eigenvalue weighted by Crippen LogP contribution is 2.37. The third-order valence-electron chi connectivity index (χ3n) is 12.8. The SMILES string of the molecule is CC(C)Nc1cncc(-c2ccc3[nH]nc(-c4cc5c(-c6cccc(F)c6)nccc5[nH]4)c3c2)c1.O=C(Nc1cncc(-c2ccc3[nH]nc(-c4cc5c(-c6cccc(F)c6)nccc5[nH]4)c3c2)c1)c1ccccc1. The zero-order valence-corrected chi connectivity index (χ0v) is 40.3. The average molecular weight is 987 g/mol. The van der Waals surface area contributed by atoms with E-state index >= 15 is 0 Å². The van der Waals surface area contributed by atoms with Crippen molar-refractivity contribution >= 4 is 60.9 Å². The van der Waals surface area contributed by atoms with Crippen LogP contribution in [0.4, 0.5) is 20.2 Å². The maximum atomic E-state index is 13.9. The van der Waals surface area contributed by atoms with E-state index in [1.54, 1.807) is 49.1 Å². The van der Waals surface area contributed by atoms with Gasteiger partial charge in [0, 0.05) is 97.4 Å². The van der Waals surface area contributed by atoms with Crippen molar-refractivity contribution in [2.45, 2.75) is 19.9 Å². The van der Waals surface area contributed by atoms with Crippen molar-refractivity contribution in [3.05, 3.63) is 206 Å². The maximum absolute atomic E-state index is 13.9. The quantitative estimate of drug-likeness (QED) is 0.0783. The van der Waals surface area contributed by atoms with Gasteiger partial charge in [0.25, 0.3) is 5.91 Å². The third kappa shape index (κ3) is 9.32. The van der Waals surface area contributed by atoms with Gasteiger partial charge in [0.05, 0.1) is 51.4 Å². The number of fused-ring (bicyclic) bond motifs is 4. The maximum Gasteiger partial charge on any atom is 0.255 e. The molecule has 75 heavy (non-hydrogen) atoms. The van der Waals surface area contributed by atoms with E-state index in [0.29, 0.717) is 28.6 Å². The molecule has 6 N–H and O–H groups in total. The topological polar surface area (TPSA) is 182 Å². The molecule has 8 heterocycles. The first-order valence-corrected chi connectivity index (χ1v) is 24.2. The molecule has 0 aliphatic carbocycles. The largest absolute Gasteiger partial charge is 0.382 e. The molecule has 13 nitrogen and oxygen atoms in total. The summed E-state index contributed by atoms with van der Waals surface area (Å²) < 4.78 is 27.8. The molecule has 0 aliphatic heterocycles. The highest BCUT2D eigenvalue weighted by molar-refractivity contribution is 6.05. The van der Waals surface area contributed by atoms with E-state index in [4.69, 9.17) is 0 Å². The normalized spacial score (nSPS) is 11.4. The molecule has 0 unspecified atom stereocenters. The van der Waals surface area contributed by atoms with Crippen LogP contribution >= 0.6 is 0 Å². The molecule has 0 radical (unpaired) electrons. The van der Waals surface area contributed by atoms with Gasteiger partial charge in [0.1, 0.15) is 23.0 Å². The van der Waals surface area contributed by atoms with E-state index in [9.17, 15) is 13.6 Å². The van der Waals surface area contributed by atoms with E-state index in [2.05, 4.69) is 93.0 Å². The third-order valence-corrected chi connectivity index (χ3v) is 12.8. The Kier molecular flexibility index (Phi) is 11.9. The van der Waals surface area contributed by atoms with Crippen molar-refractivity contribution in [2.75, 3.05) is 10.6 Å².